The van der Waals surface area contributed by atoms with E-state index in [9.17, 15) is 4.79 Å². The standard InChI is InChI=1S/C18H28N4O/c1-14-13-16(17(23)22-11-7-4-8-12-22)21-18(19-14)20-15-9-5-2-3-6-10-15/h13,15H,2-12H2,1H3,(H,19,20,21). The second-order valence-corrected chi connectivity index (χ2v) is 6.90. The number of hydrogen-bond donors (Lipinski definition) is 1. The fourth-order valence-electron chi connectivity index (χ4n) is 3.61. The van der Waals surface area contributed by atoms with Gasteiger partial charge in [-0.25, -0.2) is 9.97 Å². The van der Waals surface area contributed by atoms with Crippen molar-refractivity contribution in [2.24, 2.45) is 0 Å². The molecule has 2 heterocycles. The highest BCUT2D eigenvalue weighted by Crippen LogP contribution is 2.20. The molecule has 2 aliphatic rings. The van der Waals surface area contributed by atoms with E-state index in [1.807, 2.05) is 17.9 Å². The first-order chi connectivity index (χ1) is 11.2. The molecule has 1 aliphatic heterocycles. The molecule has 23 heavy (non-hydrogen) atoms. The maximum Gasteiger partial charge on any atom is 0.272 e. The number of aromatic nitrogens is 2. The Morgan fingerprint density at radius 3 is 2.39 bits per heavy atom. The molecule has 1 N–H and O–H groups in total. The number of nitrogens with one attached hydrogen (secondary N) is 1. The molecule has 5 nitrogen and oxygen atoms in total. The van der Waals surface area contributed by atoms with E-state index in [-0.39, 0.29) is 5.91 Å². The minimum Gasteiger partial charge on any atom is -0.351 e. The Bertz CT molecular complexity index is 532. The Balaban J connectivity index is 1.71. The second kappa shape index (κ2) is 7.75. The first-order valence-electron chi connectivity index (χ1n) is 9.14. The molecular weight excluding hydrogens is 288 g/mol. The molecule has 1 aromatic heterocycles. The van der Waals surface area contributed by atoms with Gasteiger partial charge in [-0.15, -0.1) is 0 Å². The maximum absolute atomic E-state index is 12.7. The van der Waals surface area contributed by atoms with Gasteiger partial charge in [0.25, 0.3) is 5.91 Å². The summed E-state index contributed by atoms with van der Waals surface area (Å²) < 4.78 is 0. The SMILES string of the molecule is Cc1cc(C(=O)N2CCCCC2)nc(NC2CCCCCC2)n1. The van der Waals surface area contributed by atoms with Crippen LogP contribution in [-0.2, 0) is 0 Å². The van der Waals surface area contributed by atoms with Gasteiger partial charge in [0, 0.05) is 24.8 Å². The molecule has 2 fully saturated rings. The van der Waals surface area contributed by atoms with E-state index < -0.39 is 0 Å². The van der Waals surface area contributed by atoms with Gasteiger partial charge in [-0.05, 0) is 45.1 Å². The van der Waals surface area contributed by atoms with E-state index in [1.165, 1.54) is 44.9 Å². The number of piperidine rings is 1. The topological polar surface area (TPSA) is 58.1 Å². The molecule has 0 atom stereocenters. The zero-order chi connectivity index (χ0) is 16.1. The van der Waals surface area contributed by atoms with Gasteiger partial charge in [-0.2, -0.15) is 0 Å². The Labute approximate surface area is 138 Å². The molecule has 1 saturated heterocycles. The van der Waals surface area contributed by atoms with Crippen LogP contribution >= 0.6 is 0 Å². The number of aryl methyl sites for hydroxylation is 1. The fraction of sp³-hybridized carbons (Fsp3) is 0.722. The van der Waals surface area contributed by atoms with Gasteiger partial charge in [0.15, 0.2) is 0 Å². The van der Waals surface area contributed by atoms with E-state index in [2.05, 4.69) is 15.3 Å². The van der Waals surface area contributed by atoms with Crippen LogP contribution in [0.5, 0.6) is 0 Å². The smallest absolute Gasteiger partial charge is 0.272 e. The lowest BCUT2D eigenvalue weighted by Gasteiger charge is -2.26. The molecule has 0 aromatic carbocycles. The molecule has 1 aromatic rings. The van der Waals surface area contributed by atoms with Crippen molar-refractivity contribution in [3.63, 3.8) is 0 Å². The van der Waals surface area contributed by atoms with E-state index in [1.54, 1.807) is 0 Å². The summed E-state index contributed by atoms with van der Waals surface area (Å²) in [4.78, 5) is 23.6. The summed E-state index contributed by atoms with van der Waals surface area (Å²) in [5, 5.41) is 3.47. The minimum absolute atomic E-state index is 0.0547. The fourth-order valence-corrected chi connectivity index (χ4v) is 3.61. The van der Waals surface area contributed by atoms with Crippen molar-refractivity contribution in [2.75, 3.05) is 18.4 Å². The van der Waals surface area contributed by atoms with Crippen molar-refractivity contribution < 1.29 is 4.79 Å². The van der Waals surface area contributed by atoms with Crippen LogP contribution in [0.15, 0.2) is 6.07 Å². The summed E-state index contributed by atoms with van der Waals surface area (Å²) in [5.41, 5.74) is 1.40. The Kier molecular flexibility index (Phi) is 5.47. The summed E-state index contributed by atoms with van der Waals surface area (Å²) in [7, 11) is 0. The van der Waals surface area contributed by atoms with Crippen LogP contribution in [0.2, 0.25) is 0 Å². The molecule has 0 radical (unpaired) electrons. The van der Waals surface area contributed by atoms with Crippen molar-refractivity contribution in [1.29, 1.82) is 0 Å². The lowest BCUT2D eigenvalue weighted by atomic mass is 10.1. The summed E-state index contributed by atoms with van der Waals surface area (Å²) in [5.74, 6) is 0.677. The lowest BCUT2D eigenvalue weighted by Crippen LogP contribution is -2.36. The van der Waals surface area contributed by atoms with Crippen LogP contribution in [0, 0.1) is 6.92 Å². The third-order valence-corrected chi connectivity index (χ3v) is 4.91. The van der Waals surface area contributed by atoms with Crippen LogP contribution in [0.3, 0.4) is 0 Å². The van der Waals surface area contributed by atoms with E-state index in [0.717, 1.165) is 31.6 Å². The molecule has 0 bridgehead atoms. The molecular formula is C18H28N4O. The van der Waals surface area contributed by atoms with Crippen LogP contribution in [-0.4, -0.2) is 39.9 Å². The molecule has 3 rings (SSSR count). The lowest BCUT2D eigenvalue weighted by molar-refractivity contribution is 0.0718. The zero-order valence-electron chi connectivity index (χ0n) is 14.2. The normalized spacial score (nSPS) is 20.1. The Hall–Kier alpha value is -1.65. The molecule has 5 heteroatoms. The van der Waals surface area contributed by atoms with Crippen molar-refractivity contribution in [2.45, 2.75) is 70.8 Å². The number of rotatable bonds is 3. The monoisotopic (exact) mass is 316 g/mol. The summed E-state index contributed by atoms with van der Waals surface area (Å²) >= 11 is 0. The van der Waals surface area contributed by atoms with E-state index in [4.69, 9.17) is 0 Å². The summed E-state index contributed by atoms with van der Waals surface area (Å²) in [6.45, 7) is 3.65. The highest BCUT2D eigenvalue weighted by molar-refractivity contribution is 5.92. The zero-order valence-corrected chi connectivity index (χ0v) is 14.2. The third-order valence-electron chi connectivity index (χ3n) is 4.91. The van der Waals surface area contributed by atoms with Gasteiger partial charge >= 0.3 is 0 Å². The van der Waals surface area contributed by atoms with E-state index in [0.29, 0.717) is 17.7 Å². The first kappa shape index (κ1) is 16.2. The number of carbonyl (C=O) groups is 1. The largest absolute Gasteiger partial charge is 0.351 e. The summed E-state index contributed by atoms with van der Waals surface area (Å²) in [6.07, 6.45) is 11.0. The average molecular weight is 316 g/mol. The van der Waals surface area contributed by atoms with Gasteiger partial charge in [0.2, 0.25) is 5.95 Å². The highest BCUT2D eigenvalue weighted by atomic mass is 16.2. The van der Waals surface area contributed by atoms with Crippen LogP contribution in [0.25, 0.3) is 0 Å². The van der Waals surface area contributed by atoms with Gasteiger partial charge in [-0.3, -0.25) is 4.79 Å². The first-order valence-corrected chi connectivity index (χ1v) is 9.14. The average Bonchev–Trinajstić information content (AvgIpc) is 2.83. The highest BCUT2D eigenvalue weighted by Gasteiger charge is 2.21. The van der Waals surface area contributed by atoms with Gasteiger partial charge in [0.1, 0.15) is 5.69 Å². The van der Waals surface area contributed by atoms with Crippen LogP contribution < -0.4 is 5.32 Å². The number of anilines is 1. The van der Waals surface area contributed by atoms with Crippen molar-refractivity contribution in [1.82, 2.24) is 14.9 Å². The second-order valence-electron chi connectivity index (χ2n) is 6.90. The predicted octanol–water partition coefficient (Wildman–Crippen LogP) is 3.55. The molecule has 126 valence electrons. The minimum atomic E-state index is 0.0547. The summed E-state index contributed by atoms with van der Waals surface area (Å²) in [6, 6.07) is 2.26. The van der Waals surface area contributed by atoms with Crippen molar-refractivity contribution in [3.05, 3.63) is 17.5 Å². The number of nitrogens with zero attached hydrogens (tertiary/aromatic N) is 3. The van der Waals surface area contributed by atoms with Gasteiger partial charge in [0.05, 0.1) is 0 Å². The maximum atomic E-state index is 12.7. The van der Waals surface area contributed by atoms with Crippen LogP contribution in [0.4, 0.5) is 5.95 Å². The third kappa shape index (κ3) is 4.43. The molecule has 1 aliphatic carbocycles. The van der Waals surface area contributed by atoms with E-state index >= 15 is 0 Å². The van der Waals surface area contributed by atoms with Crippen molar-refractivity contribution in [3.8, 4) is 0 Å². The number of amides is 1. The predicted molar refractivity (Wildman–Crippen MR) is 91.6 cm³/mol. The Morgan fingerprint density at radius 2 is 1.70 bits per heavy atom. The van der Waals surface area contributed by atoms with Gasteiger partial charge in [-0.1, -0.05) is 25.7 Å². The van der Waals surface area contributed by atoms with Crippen LogP contribution in [0.1, 0.15) is 74.0 Å². The number of hydrogen-bond acceptors (Lipinski definition) is 4. The molecule has 1 saturated carbocycles. The number of carbonyl (C=O) groups excluding carboxylic acids is 1. The van der Waals surface area contributed by atoms with Gasteiger partial charge < -0.3 is 10.2 Å². The quantitative estimate of drug-likeness (QED) is 0.867. The van der Waals surface area contributed by atoms with Crippen molar-refractivity contribution >= 4 is 11.9 Å². The molecule has 1 amide bonds. The Morgan fingerprint density at radius 1 is 1.04 bits per heavy atom. The molecule has 0 spiro atoms. The molecule has 0 unspecified atom stereocenters. The number of likely N-dealkylation sites (tertiary alicyclic amines) is 1.